The SMILES string of the molecule is CCCC(/N=C/C(C#Cc1cc(/C(=C/O)Nc2ccc(CC)c(CC(F)(F)F)c2)ccc1C)=C(\C)CC)=C(/C)C(C)CC. The fourth-order valence-corrected chi connectivity index (χ4v) is 4.60. The summed E-state index contributed by atoms with van der Waals surface area (Å²) in [6.45, 7) is 16.7. The molecule has 6 heteroatoms. The first-order chi connectivity index (χ1) is 20.4. The van der Waals surface area contributed by atoms with Gasteiger partial charge in [0.2, 0.25) is 0 Å². The first-order valence-corrected chi connectivity index (χ1v) is 15.2. The van der Waals surface area contributed by atoms with E-state index in [4.69, 9.17) is 4.99 Å². The van der Waals surface area contributed by atoms with Crippen molar-refractivity contribution in [2.45, 2.75) is 100 Å². The van der Waals surface area contributed by atoms with E-state index in [1.807, 2.05) is 38.3 Å². The topological polar surface area (TPSA) is 44.6 Å². The number of aliphatic imine (C=N–C) groups is 1. The van der Waals surface area contributed by atoms with Crippen molar-refractivity contribution in [2.24, 2.45) is 10.9 Å². The van der Waals surface area contributed by atoms with Gasteiger partial charge in [-0.15, -0.1) is 0 Å². The normalized spacial score (nSPS) is 14.2. The van der Waals surface area contributed by atoms with Crippen LogP contribution in [0.15, 0.2) is 70.1 Å². The molecule has 0 bridgehead atoms. The second-order valence-electron chi connectivity index (χ2n) is 11.1. The van der Waals surface area contributed by atoms with Crippen molar-refractivity contribution in [2.75, 3.05) is 5.32 Å². The molecule has 0 spiro atoms. The highest BCUT2D eigenvalue weighted by atomic mass is 19.4. The summed E-state index contributed by atoms with van der Waals surface area (Å²) in [6.07, 6.45) is 1.86. The lowest BCUT2D eigenvalue weighted by atomic mass is 9.96. The van der Waals surface area contributed by atoms with E-state index in [0.29, 0.717) is 34.9 Å². The second-order valence-corrected chi connectivity index (χ2v) is 11.1. The number of rotatable bonds is 12. The molecular weight excluding hydrogens is 545 g/mol. The number of aryl methyl sites for hydroxylation is 2. The smallest absolute Gasteiger partial charge is 0.393 e. The number of allylic oxidation sites excluding steroid dienone is 4. The van der Waals surface area contributed by atoms with Crippen molar-refractivity contribution >= 4 is 17.6 Å². The number of aliphatic hydroxyl groups excluding tert-OH is 1. The van der Waals surface area contributed by atoms with E-state index in [0.717, 1.165) is 59.9 Å². The van der Waals surface area contributed by atoms with E-state index >= 15 is 0 Å². The van der Waals surface area contributed by atoms with Gasteiger partial charge in [0.05, 0.1) is 12.1 Å². The lowest BCUT2D eigenvalue weighted by molar-refractivity contribution is -0.127. The Hall–Kier alpha value is -3.72. The molecule has 0 radical (unpaired) electrons. The van der Waals surface area contributed by atoms with Crippen LogP contribution in [0.5, 0.6) is 0 Å². The number of benzene rings is 2. The van der Waals surface area contributed by atoms with Gasteiger partial charge in [-0.05, 0) is 92.8 Å². The number of nitrogens with one attached hydrogen (secondary N) is 1. The standard InChI is InChI=1S/C37H47F3N2O/c1-9-13-35(28(8)25(5)10-2)41-23-32(26(6)11-3)17-16-30-20-31(15-14-27(30)7)36(24-43)42-34-19-18-29(12-4)33(21-34)22-37(38,39)40/h14-15,18-21,23-25,42-43H,9-13,22H2,1-8H3/b32-26+,35-28+,36-24-,41-23+. The van der Waals surface area contributed by atoms with Crippen LogP contribution in [0.25, 0.3) is 5.70 Å². The van der Waals surface area contributed by atoms with Gasteiger partial charge in [0.1, 0.15) is 6.26 Å². The van der Waals surface area contributed by atoms with Crippen LogP contribution in [0.1, 0.15) is 102 Å². The molecule has 0 aliphatic carbocycles. The van der Waals surface area contributed by atoms with Crippen LogP contribution in [0.3, 0.4) is 0 Å². The van der Waals surface area contributed by atoms with E-state index in [1.165, 1.54) is 11.6 Å². The lowest BCUT2D eigenvalue weighted by Gasteiger charge is -2.16. The zero-order valence-corrected chi connectivity index (χ0v) is 27.0. The highest BCUT2D eigenvalue weighted by Crippen LogP contribution is 2.28. The molecule has 2 N–H and O–H groups in total. The Kier molecular flexibility index (Phi) is 13.9. The fraction of sp³-hybridized carbons (Fsp3) is 0.432. The van der Waals surface area contributed by atoms with Gasteiger partial charge in [0, 0.05) is 34.3 Å². The summed E-state index contributed by atoms with van der Waals surface area (Å²) >= 11 is 0. The number of alkyl halides is 3. The Morgan fingerprint density at radius 3 is 2.35 bits per heavy atom. The Bertz CT molecular complexity index is 1430. The molecule has 1 atom stereocenters. The summed E-state index contributed by atoms with van der Waals surface area (Å²) in [5, 5.41) is 13.2. The maximum absolute atomic E-state index is 13.2. The van der Waals surface area contributed by atoms with Gasteiger partial charge in [-0.1, -0.05) is 76.7 Å². The number of halogens is 3. The molecule has 0 saturated carbocycles. The van der Waals surface area contributed by atoms with E-state index < -0.39 is 12.6 Å². The second kappa shape index (κ2) is 16.8. The van der Waals surface area contributed by atoms with Gasteiger partial charge in [0.25, 0.3) is 0 Å². The van der Waals surface area contributed by atoms with Crippen molar-refractivity contribution in [3.8, 4) is 11.8 Å². The molecule has 0 aliphatic rings. The molecule has 43 heavy (non-hydrogen) atoms. The summed E-state index contributed by atoms with van der Waals surface area (Å²) in [5.74, 6) is 7.11. The van der Waals surface area contributed by atoms with E-state index in [9.17, 15) is 18.3 Å². The van der Waals surface area contributed by atoms with Gasteiger partial charge in [-0.25, -0.2) is 0 Å². The van der Waals surface area contributed by atoms with Crippen LogP contribution in [-0.4, -0.2) is 17.5 Å². The Labute approximate surface area is 256 Å². The first kappa shape index (κ1) is 35.5. The minimum Gasteiger partial charge on any atom is -0.513 e. The molecule has 2 aromatic carbocycles. The van der Waals surface area contributed by atoms with Crippen LogP contribution < -0.4 is 5.32 Å². The molecule has 0 saturated heterocycles. The number of anilines is 1. The number of hydrogen-bond acceptors (Lipinski definition) is 3. The van der Waals surface area contributed by atoms with Gasteiger partial charge in [-0.3, -0.25) is 4.99 Å². The van der Waals surface area contributed by atoms with Crippen molar-refractivity contribution in [3.63, 3.8) is 0 Å². The zero-order valence-electron chi connectivity index (χ0n) is 27.0. The predicted molar refractivity (Wildman–Crippen MR) is 176 cm³/mol. The Balaban J connectivity index is 2.45. The van der Waals surface area contributed by atoms with Crippen LogP contribution >= 0.6 is 0 Å². The lowest BCUT2D eigenvalue weighted by Crippen LogP contribution is -2.13. The average molecular weight is 593 g/mol. The number of aliphatic hydroxyl groups is 1. The maximum Gasteiger partial charge on any atom is 0.393 e. The molecule has 0 aliphatic heterocycles. The van der Waals surface area contributed by atoms with Crippen molar-refractivity contribution in [1.29, 1.82) is 0 Å². The monoisotopic (exact) mass is 592 g/mol. The summed E-state index contributed by atoms with van der Waals surface area (Å²) in [5.41, 5.74) is 8.57. The molecule has 0 fully saturated rings. The molecule has 1 unspecified atom stereocenters. The summed E-state index contributed by atoms with van der Waals surface area (Å²) < 4.78 is 39.5. The third-order valence-corrected chi connectivity index (χ3v) is 7.90. The Morgan fingerprint density at radius 2 is 1.77 bits per heavy atom. The van der Waals surface area contributed by atoms with Gasteiger partial charge < -0.3 is 10.4 Å². The summed E-state index contributed by atoms with van der Waals surface area (Å²) in [6, 6.07) is 10.6. The maximum atomic E-state index is 13.2. The molecule has 2 rings (SSSR count). The van der Waals surface area contributed by atoms with Crippen molar-refractivity contribution in [1.82, 2.24) is 0 Å². The molecule has 0 amide bonds. The zero-order chi connectivity index (χ0) is 32.2. The van der Waals surface area contributed by atoms with Crippen molar-refractivity contribution in [3.05, 3.63) is 92.9 Å². The van der Waals surface area contributed by atoms with Gasteiger partial charge in [0.15, 0.2) is 0 Å². The molecule has 2 aromatic rings. The van der Waals surface area contributed by atoms with Crippen LogP contribution in [0, 0.1) is 24.7 Å². The first-order valence-electron chi connectivity index (χ1n) is 15.2. The van der Waals surface area contributed by atoms with Crippen LogP contribution in [0.2, 0.25) is 0 Å². The van der Waals surface area contributed by atoms with Gasteiger partial charge >= 0.3 is 6.18 Å². The minimum absolute atomic E-state index is 0.219. The quantitative estimate of drug-likeness (QED) is 0.146. The van der Waals surface area contributed by atoms with E-state index in [2.05, 4.69) is 58.7 Å². The molecular formula is C37H47F3N2O. The van der Waals surface area contributed by atoms with Crippen molar-refractivity contribution < 1.29 is 18.3 Å². The average Bonchev–Trinajstić information content (AvgIpc) is 2.98. The third kappa shape index (κ3) is 10.8. The largest absolute Gasteiger partial charge is 0.513 e. The molecule has 0 heterocycles. The van der Waals surface area contributed by atoms with E-state index in [-0.39, 0.29) is 5.56 Å². The minimum atomic E-state index is -4.31. The molecule has 232 valence electrons. The fourth-order valence-electron chi connectivity index (χ4n) is 4.60. The van der Waals surface area contributed by atoms with Crippen LogP contribution in [0.4, 0.5) is 18.9 Å². The number of nitrogens with zero attached hydrogens (tertiary/aromatic N) is 1. The highest BCUT2D eigenvalue weighted by molar-refractivity contribution is 5.87. The van der Waals surface area contributed by atoms with Crippen LogP contribution in [-0.2, 0) is 12.8 Å². The third-order valence-electron chi connectivity index (χ3n) is 7.90. The molecule has 0 aromatic heterocycles. The van der Waals surface area contributed by atoms with E-state index in [1.54, 1.807) is 12.1 Å². The molecule has 3 nitrogen and oxygen atoms in total. The summed E-state index contributed by atoms with van der Waals surface area (Å²) in [4.78, 5) is 4.91. The predicted octanol–water partition coefficient (Wildman–Crippen LogP) is 10.9. The van der Waals surface area contributed by atoms with Gasteiger partial charge in [-0.2, -0.15) is 13.2 Å². The highest BCUT2D eigenvalue weighted by Gasteiger charge is 2.28. The number of hydrogen-bond donors (Lipinski definition) is 2. The summed E-state index contributed by atoms with van der Waals surface area (Å²) in [7, 11) is 0. The Morgan fingerprint density at radius 1 is 1.05 bits per heavy atom.